The van der Waals surface area contributed by atoms with Gasteiger partial charge in [-0.3, -0.25) is 4.79 Å². The van der Waals surface area contributed by atoms with Gasteiger partial charge in [-0.2, -0.15) is 4.31 Å². The van der Waals surface area contributed by atoms with Gasteiger partial charge in [-0.25, -0.2) is 30.8 Å². The predicted octanol–water partition coefficient (Wildman–Crippen LogP) is 2.28. The number of sulfone groups is 1. The Labute approximate surface area is 256 Å². The molecule has 2 amide bonds. The van der Waals surface area contributed by atoms with Crippen molar-refractivity contribution in [2.75, 3.05) is 31.1 Å². The zero-order chi connectivity index (χ0) is 32.3. The van der Waals surface area contributed by atoms with Crippen LogP contribution in [-0.4, -0.2) is 92.8 Å². The molecular weight excluding hydrogens is 617 g/mol. The highest BCUT2D eigenvalue weighted by molar-refractivity contribution is 7.91. The second-order valence-corrected chi connectivity index (χ2v) is 15.9. The van der Waals surface area contributed by atoms with E-state index in [4.69, 9.17) is 9.47 Å². The minimum absolute atomic E-state index is 0.00367. The van der Waals surface area contributed by atoms with Gasteiger partial charge in [-0.1, -0.05) is 12.1 Å². The van der Waals surface area contributed by atoms with Crippen LogP contribution in [0, 0.1) is 5.82 Å². The van der Waals surface area contributed by atoms with Crippen LogP contribution in [0.1, 0.15) is 39.2 Å². The summed E-state index contributed by atoms with van der Waals surface area (Å²) in [5.74, 6) is -2.03. The Balaban J connectivity index is 1.46. The van der Waals surface area contributed by atoms with Crippen LogP contribution in [0.3, 0.4) is 0 Å². The number of nitrogens with zero attached hydrogens (tertiary/aromatic N) is 2. The van der Waals surface area contributed by atoms with Crippen LogP contribution in [0.15, 0.2) is 53.4 Å². The highest BCUT2D eigenvalue weighted by Gasteiger charge is 2.41. The Morgan fingerprint density at radius 2 is 1.61 bits per heavy atom. The fourth-order valence-electron chi connectivity index (χ4n) is 4.86. The number of benzene rings is 2. The molecule has 2 atom stereocenters. The number of halogens is 1. The molecule has 0 bridgehead atoms. The molecule has 0 radical (unpaired) electrons. The Bertz CT molecular complexity index is 1580. The summed E-state index contributed by atoms with van der Waals surface area (Å²) < 4.78 is 75.1. The van der Waals surface area contributed by atoms with Crippen LogP contribution in [0.5, 0.6) is 5.75 Å². The highest BCUT2D eigenvalue weighted by atomic mass is 32.2. The van der Waals surface area contributed by atoms with Crippen molar-refractivity contribution in [3.63, 3.8) is 0 Å². The maximum atomic E-state index is 13.4. The normalized spacial score (nSPS) is 19.6. The summed E-state index contributed by atoms with van der Waals surface area (Å²) >= 11 is 0. The van der Waals surface area contributed by atoms with E-state index < -0.39 is 61.3 Å². The molecule has 4 rings (SSSR count). The average Bonchev–Trinajstić information content (AvgIpc) is 3.44. The van der Waals surface area contributed by atoms with Gasteiger partial charge in [0.15, 0.2) is 9.84 Å². The van der Waals surface area contributed by atoms with Gasteiger partial charge in [0.1, 0.15) is 29.3 Å². The quantitative estimate of drug-likeness (QED) is 0.422. The van der Waals surface area contributed by atoms with Crippen molar-refractivity contribution < 1.29 is 45.1 Å². The Morgan fingerprint density at radius 3 is 2.20 bits per heavy atom. The zero-order valence-corrected chi connectivity index (χ0v) is 26.3. The standard InChI is InChI=1S/C29H36FN3O9S2/c1-29(2,3)42-27(35)24(19-20-6-10-22(11-7-20)41-28(36)32-15-17-43(37,38)18-16-32)31-26(34)25-5-4-14-33(25)44(39,40)23-12-8-21(30)9-13-23/h6-13,24-25H,4-5,14-19H2,1-3H3,(H,31,34)/t24-,25-/m0/s1. The third kappa shape index (κ3) is 8.54. The van der Waals surface area contributed by atoms with E-state index in [9.17, 15) is 35.6 Å². The first-order valence-corrected chi connectivity index (χ1v) is 17.4. The van der Waals surface area contributed by atoms with Crippen LogP contribution in [0.2, 0.25) is 0 Å². The summed E-state index contributed by atoms with van der Waals surface area (Å²) in [5, 5.41) is 2.67. The summed E-state index contributed by atoms with van der Waals surface area (Å²) in [4.78, 5) is 40.2. The molecule has 0 saturated carbocycles. The predicted molar refractivity (Wildman–Crippen MR) is 157 cm³/mol. The summed E-state index contributed by atoms with van der Waals surface area (Å²) in [6.07, 6.45) is -0.0291. The van der Waals surface area contributed by atoms with Gasteiger partial charge in [-0.05, 0) is 75.6 Å². The summed E-state index contributed by atoms with van der Waals surface area (Å²) in [7, 11) is -7.27. The molecule has 2 aromatic carbocycles. The van der Waals surface area contributed by atoms with Gasteiger partial charge < -0.3 is 19.7 Å². The molecule has 240 valence electrons. The number of hydrogen-bond donors (Lipinski definition) is 1. The van der Waals surface area contributed by atoms with E-state index >= 15 is 0 Å². The van der Waals surface area contributed by atoms with Crippen LogP contribution >= 0.6 is 0 Å². The molecule has 2 heterocycles. The fourth-order valence-corrected chi connectivity index (χ4v) is 7.71. The lowest BCUT2D eigenvalue weighted by atomic mass is 10.0. The second kappa shape index (κ2) is 13.2. The van der Waals surface area contributed by atoms with E-state index in [1.54, 1.807) is 32.9 Å². The number of sulfonamides is 1. The van der Waals surface area contributed by atoms with Crippen LogP contribution in [0.4, 0.5) is 9.18 Å². The minimum Gasteiger partial charge on any atom is -0.458 e. The van der Waals surface area contributed by atoms with Crippen molar-refractivity contribution >= 4 is 37.8 Å². The first-order chi connectivity index (χ1) is 20.5. The van der Waals surface area contributed by atoms with E-state index in [-0.39, 0.29) is 54.6 Å². The molecule has 2 saturated heterocycles. The van der Waals surface area contributed by atoms with E-state index in [0.29, 0.717) is 12.0 Å². The summed E-state index contributed by atoms with van der Waals surface area (Å²) in [5.41, 5.74) is -0.274. The van der Waals surface area contributed by atoms with Gasteiger partial charge in [0, 0.05) is 26.1 Å². The molecule has 0 aliphatic carbocycles. The summed E-state index contributed by atoms with van der Waals surface area (Å²) in [6.45, 7) is 5.21. The molecule has 2 aliphatic rings. The van der Waals surface area contributed by atoms with Crippen molar-refractivity contribution in [2.45, 2.75) is 62.6 Å². The van der Waals surface area contributed by atoms with Gasteiger partial charge in [0.25, 0.3) is 0 Å². The first kappa shape index (κ1) is 33.3. The number of rotatable bonds is 8. The Morgan fingerprint density at radius 1 is 1.00 bits per heavy atom. The van der Waals surface area contributed by atoms with Gasteiger partial charge in [-0.15, -0.1) is 0 Å². The molecule has 0 spiro atoms. The number of ether oxygens (including phenoxy) is 2. The molecule has 12 nitrogen and oxygen atoms in total. The fraction of sp³-hybridized carbons (Fsp3) is 0.483. The second-order valence-electron chi connectivity index (χ2n) is 11.7. The van der Waals surface area contributed by atoms with Gasteiger partial charge in [0.2, 0.25) is 15.9 Å². The molecular formula is C29H36FN3O9S2. The van der Waals surface area contributed by atoms with E-state index in [1.165, 1.54) is 17.0 Å². The number of nitrogens with one attached hydrogen (secondary N) is 1. The largest absolute Gasteiger partial charge is 0.458 e. The lowest BCUT2D eigenvalue weighted by Gasteiger charge is -2.28. The van der Waals surface area contributed by atoms with Crippen molar-refractivity contribution in [1.82, 2.24) is 14.5 Å². The Hall–Kier alpha value is -3.56. The highest BCUT2D eigenvalue weighted by Crippen LogP contribution is 2.27. The lowest BCUT2D eigenvalue weighted by Crippen LogP contribution is -2.52. The number of amides is 2. The molecule has 2 fully saturated rings. The van der Waals surface area contributed by atoms with Crippen molar-refractivity contribution in [1.29, 1.82) is 0 Å². The smallest absolute Gasteiger partial charge is 0.415 e. The third-order valence-electron chi connectivity index (χ3n) is 7.11. The molecule has 2 aromatic rings. The van der Waals surface area contributed by atoms with Crippen molar-refractivity contribution in [3.8, 4) is 5.75 Å². The molecule has 1 N–H and O–H groups in total. The maximum absolute atomic E-state index is 13.4. The SMILES string of the molecule is CC(C)(C)OC(=O)[C@H](Cc1ccc(OC(=O)N2CCS(=O)(=O)CC2)cc1)NC(=O)[C@@H]1CCCN1S(=O)(=O)c1ccc(F)cc1. The van der Waals surface area contributed by atoms with E-state index in [2.05, 4.69) is 5.32 Å². The minimum atomic E-state index is -4.11. The number of hydrogen-bond acceptors (Lipinski definition) is 9. The molecule has 0 unspecified atom stereocenters. The van der Waals surface area contributed by atoms with Crippen molar-refractivity contribution in [2.24, 2.45) is 0 Å². The number of carbonyl (C=O) groups is 3. The van der Waals surface area contributed by atoms with E-state index in [0.717, 1.165) is 28.6 Å². The maximum Gasteiger partial charge on any atom is 0.415 e. The average molecular weight is 654 g/mol. The number of esters is 1. The lowest BCUT2D eigenvalue weighted by molar-refractivity contribution is -0.158. The molecule has 2 aliphatic heterocycles. The van der Waals surface area contributed by atoms with Crippen LogP contribution in [-0.2, 0) is 40.6 Å². The summed E-state index contributed by atoms with van der Waals surface area (Å²) in [6, 6.07) is 8.32. The Kier molecular flexibility index (Phi) is 10.0. The monoisotopic (exact) mass is 653 g/mol. The molecule has 0 aromatic heterocycles. The van der Waals surface area contributed by atoms with Gasteiger partial charge in [0.05, 0.1) is 16.4 Å². The van der Waals surface area contributed by atoms with E-state index in [1.807, 2.05) is 0 Å². The molecule has 44 heavy (non-hydrogen) atoms. The van der Waals surface area contributed by atoms with Gasteiger partial charge >= 0.3 is 12.1 Å². The van der Waals surface area contributed by atoms with Crippen LogP contribution < -0.4 is 10.1 Å². The number of carbonyl (C=O) groups excluding carboxylic acids is 3. The molecule has 15 heteroatoms. The van der Waals surface area contributed by atoms with Crippen molar-refractivity contribution in [3.05, 3.63) is 59.9 Å². The topological polar surface area (TPSA) is 156 Å². The first-order valence-electron chi connectivity index (χ1n) is 14.1. The van der Waals surface area contributed by atoms with Crippen LogP contribution in [0.25, 0.3) is 0 Å². The zero-order valence-electron chi connectivity index (χ0n) is 24.7. The third-order valence-corrected chi connectivity index (χ3v) is 10.6.